The summed E-state index contributed by atoms with van der Waals surface area (Å²) in [7, 11) is -3.15. The Labute approximate surface area is 181 Å². The monoisotopic (exact) mass is 455 g/mol. The molecule has 8 heteroatoms. The van der Waals surface area contributed by atoms with Gasteiger partial charge in [-0.15, -0.1) is 0 Å². The third-order valence-electron chi connectivity index (χ3n) is 5.17. The molecule has 1 aliphatic heterocycles. The van der Waals surface area contributed by atoms with Crippen molar-refractivity contribution in [1.29, 1.82) is 0 Å². The summed E-state index contributed by atoms with van der Waals surface area (Å²) in [6.07, 6.45) is 0.406. The molecule has 0 aliphatic carbocycles. The molecule has 1 atom stereocenters. The minimum Gasteiger partial charge on any atom is -0.484 e. The number of halogens is 2. The van der Waals surface area contributed by atoms with E-state index >= 15 is 0 Å². The van der Waals surface area contributed by atoms with E-state index in [1.807, 2.05) is 32.0 Å². The summed E-state index contributed by atoms with van der Waals surface area (Å²) in [6, 6.07) is 10.3. The van der Waals surface area contributed by atoms with Crippen molar-refractivity contribution in [2.24, 2.45) is 0 Å². The first kappa shape index (κ1) is 21.9. The van der Waals surface area contributed by atoms with Crippen molar-refractivity contribution in [3.63, 3.8) is 0 Å². The van der Waals surface area contributed by atoms with Gasteiger partial charge in [-0.1, -0.05) is 35.3 Å². The summed E-state index contributed by atoms with van der Waals surface area (Å²) in [5, 5.41) is 0.935. The molecule has 0 saturated carbocycles. The molecule has 0 aromatic heterocycles. The van der Waals surface area contributed by atoms with E-state index in [1.54, 1.807) is 23.1 Å². The molecule has 29 heavy (non-hydrogen) atoms. The maximum absolute atomic E-state index is 13.0. The predicted octanol–water partition coefficient (Wildman–Crippen LogP) is 4.20. The summed E-state index contributed by atoms with van der Waals surface area (Å²) in [4.78, 5) is 14.5. The fraction of sp³-hybridized carbons (Fsp3) is 0.381. The van der Waals surface area contributed by atoms with Crippen LogP contribution in [0, 0.1) is 13.8 Å². The first-order chi connectivity index (χ1) is 13.6. The average Bonchev–Trinajstić information content (AvgIpc) is 3.01. The number of carbonyl (C=O) groups is 1. The number of rotatable bonds is 6. The van der Waals surface area contributed by atoms with Gasteiger partial charge in [-0.25, -0.2) is 8.42 Å². The third kappa shape index (κ3) is 5.65. The van der Waals surface area contributed by atoms with Gasteiger partial charge in [-0.3, -0.25) is 4.79 Å². The van der Waals surface area contributed by atoms with Crippen molar-refractivity contribution in [3.05, 3.63) is 63.1 Å². The fourth-order valence-corrected chi connectivity index (χ4v) is 5.51. The van der Waals surface area contributed by atoms with Crippen molar-refractivity contribution >= 4 is 38.9 Å². The van der Waals surface area contributed by atoms with Gasteiger partial charge in [0, 0.05) is 22.6 Å². The van der Waals surface area contributed by atoms with E-state index in [-0.39, 0.29) is 30.6 Å². The highest BCUT2D eigenvalue weighted by Gasteiger charge is 2.35. The molecule has 0 N–H and O–H groups in total. The Bertz CT molecular complexity index is 1020. The largest absolute Gasteiger partial charge is 0.484 e. The van der Waals surface area contributed by atoms with Gasteiger partial charge in [-0.2, -0.15) is 0 Å². The maximum atomic E-state index is 13.0. The Balaban J connectivity index is 1.77. The first-order valence-electron chi connectivity index (χ1n) is 9.28. The molecule has 1 fully saturated rings. The molecule has 1 saturated heterocycles. The van der Waals surface area contributed by atoms with Gasteiger partial charge in [0.05, 0.1) is 11.5 Å². The molecule has 2 aromatic carbocycles. The van der Waals surface area contributed by atoms with Crippen LogP contribution in [-0.2, 0) is 21.2 Å². The van der Waals surface area contributed by atoms with Gasteiger partial charge in [0.25, 0.3) is 5.91 Å². The van der Waals surface area contributed by atoms with Gasteiger partial charge in [0.1, 0.15) is 5.75 Å². The molecular formula is C21H23Cl2NO4S. The summed E-state index contributed by atoms with van der Waals surface area (Å²) in [5.74, 6) is 0.350. The highest BCUT2D eigenvalue weighted by molar-refractivity contribution is 7.91. The molecule has 1 unspecified atom stereocenters. The SMILES string of the molecule is Cc1ccc(OCC(=O)N(Cc2ccc(Cl)cc2Cl)C2CCS(=O)(=O)C2)cc1C. The smallest absolute Gasteiger partial charge is 0.261 e. The highest BCUT2D eigenvalue weighted by Crippen LogP contribution is 2.26. The predicted molar refractivity (Wildman–Crippen MR) is 115 cm³/mol. The molecule has 1 heterocycles. The third-order valence-corrected chi connectivity index (χ3v) is 7.50. The molecule has 1 amide bonds. The lowest BCUT2D eigenvalue weighted by Gasteiger charge is -2.29. The minimum absolute atomic E-state index is 0.0480. The number of ether oxygens (including phenoxy) is 1. The number of benzene rings is 2. The lowest BCUT2D eigenvalue weighted by atomic mass is 10.1. The van der Waals surface area contributed by atoms with Gasteiger partial charge in [0.2, 0.25) is 0 Å². The second-order valence-electron chi connectivity index (χ2n) is 7.35. The molecule has 0 spiro atoms. The van der Waals surface area contributed by atoms with Crippen molar-refractivity contribution < 1.29 is 17.9 Å². The Morgan fingerprint density at radius 1 is 1.14 bits per heavy atom. The first-order valence-corrected chi connectivity index (χ1v) is 11.9. The lowest BCUT2D eigenvalue weighted by molar-refractivity contribution is -0.136. The van der Waals surface area contributed by atoms with E-state index in [9.17, 15) is 13.2 Å². The number of aryl methyl sites for hydroxylation is 2. The zero-order valence-corrected chi connectivity index (χ0v) is 18.6. The fourth-order valence-electron chi connectivity index (χ4n) is 3.31. The standard InChI is InChI=1S/C21H23Cl2NO4S/c1-14-3-6-19(9-15(14)2)28-12-21(25)24(18-7-8-29(26,27)13-18)11-16-4-5-17(22)10-20(16)23/h3-6,9-10,18H,7-8,11-13H2,1-2H3. The topological polar surface area (TPSA) is 63.7 Å². The second-order valence-corrected chi connectivity index (χ2v) is 10.4. The van der Waals surface area contributed by atoms with E-state index in [1.165, 1.54) is 0 Å². The summed E-state index contributed by atoms with van der Waals surface area (Å²) < 4.78 is 29.6. The number of amides is 1. The molecule has 0 bridgehead atoms. The van der Waals surface area contributed by atoms with Gasteiger partial charge in [0.15, 0.2) is 16.4 Å². The zero-order valence-electron chi connectivity index (χ0n) is 16.3. The number of hydrogen-bond donors (Lipinski definition) is 0. The van der Waals surface area contributed by atoms with E-state index in [0.29, 0.717) is 27.8 Å². The van der Waals surface area contributed by atoms with Crippen LogP contribution < -0.4 is 4.74 Å². The molecule has 3 rings (SSSR count). The molecular weight excluding hydrogens is 433 g/mol. The van der Waals surface area contributed by atoms with E-state index in [2.05, 4.69) is 0 Å². The van der Waals surface area contributed by atoms with Crippen LogP contribution in [0.3, 0.4) is 0 Å². The van der Waals surface area contributed by atoms with E-state index < -0.39 is 15.9 Å². The summed E-state index contributed by atoms with van der Waals surface area (Å²) in [5.41, 5.74) is 2.92. The van der Waals surface area contributed by atoms with Crippen LogP contribution in [0.4, 0.5) is 0 Å². The molecule has 156 valence electrons. The van der Waals surface area contributed by atoms with Crippen molar-refractivity contribution in [2.75, 3.05) is 18.1 Å². The minimum atomic E-state index is -3.15. The van der Waals surface area contributed by atoms with Crippen LogP contribution in [0.2, 0.25) is 10.0 Å². The van der Waals surface area contributed by atoms with Gasteiger partial charge in [-0.05, 0) is 61.2 Å². The Morgan fingerprint density at radius 3 is 2.52 bits per heavy atom. The second kappa shape index (κ2) is 8.94. The summed E-state index contributed by atoms with van der Waals surface area (Å²) in [6.45, 7) is 4.00. The van der Waals surface area contributed by atoms with Crippen LogP contribution in [0.1, 0.15) is 23.1 Å². The molecule has 2 aromatic rings. The van der Waals surface area contributed by atoms with Crippen LogP contribution in [0.5, 0.6) is 5.75 Å². The Kier molecular flexibility index (Phi) is 6.76. The molecule has 0 radical (unpaired) electrons. The van der Waals surface area contributed by atoms with Crippen molar-refractivity contribution in [3.8, 4) is 5.75 Å². The van der Waals surface area contributed by atoms with Crippen molar-refractivity contribution in [2.45, 2.75) is 32.9 Å². The molecule has 5 nitrogen and oxygen atoms in total. The number of carbonyl (C=O) groups excluding carboxylic acids is 1. The number of nitrogens with zero attached hydrogens (tertiary/aromatic N) is 1. The van der Waals surface area contributed by atoms with E-state index in [0.717, 1.165) is 11.1 Å². The summed E-state index contributed by atoms with van der Waals surface area (Å²) >= 11 is 12.2. The number of hydrogen-bond acceptors (Lipinski definition) is 4. The van der Waals surface area contributed by atoms with E-state index in [4.69, 9.17) is 27.9 Å². The maximum Gasteiger partial charge on any atom is 0.261 e. The van der Waals surface area contributed by atoms with Crippen LogP contribution in [0.15, 0.2) is 36.4 Å². The average molecular weight is 456 g/mol. The van der Waals surface area contributed by atoms with Crippen LogP contribution in [0.25, 0.3) is 0 Å². The van der Waals surface area contributed by atoms with Gasteiger partial charge >= 0.3 is 0 Å². The number of sulfone groups is 1. The quantitative estimate of drug-likeness (QED) is 0.654. The normalized spacial score (nSPS) is 17.9. The highest BCUT2D eigenvalue weighted by atomic mass is 35.5. The van der Waals surface area contributed by atoms with Crippen molar-refractivity contribution in [1.82, 2.24) is 4.90 Å². The lowest BCUT2D eigenvalue weighted by Crippen LogP contribution is -2.43. The molecule has 1 aliphatic rings. The van der Waals surface area contributed by atoms with Crippen LogP contribution in [-0.4, -0.2) is 43.4 Å². The van der Waals surface area contributed by atoms with Crippen LogP contribution >= 0.6 is 23.2 Å². The Morgan fingerprint density at radius 2 is 1.90 bits per heavy atom. The zero-order chi connectivity index (χ0) is 21.2. The van der Waals surface area contributed by atoms with Gasteiger partial charge < -0.3 is 9.64 Å². The Hall–Kier alpha value is -1.76.